The smallest absolute Gasteiger partial charge is 0.146 e. The van der Waals surface area contributed by atoms with Gasteiger partial charge in [-0.1, -0.05) is 33.6 Å². The van der Waals surface area contributed by atoms with Crippen molar-refractivity contribution in [1.29, 1.82) is 0 Å². The topological polar surface area (TPSA) is 43.4 Å². The molecule has 0 N–H and O–H groups in total. The number of hydrogen-bond donors (Lipinski definition) is 0. The minimum absolute atomic E-state index is 0.404. The van der Waals surface area contributed by atoms with Gasteiger partial charge >= 0.3 is 0 Å². The van der Waals surface area contributed by atoms with Gasteiger partial charge in [0.15, 0.2) is 0 Å². The van der Waals surface area contributed by atoms with E-state index in [0.717, 1.165) is 9.37 Å². The van der Waals surface area contributed by atoms with Gasteiger partial charge in [-0.05, 0) is 62.2 Å². The zero-order chi connectivity index (χ0) is 14.9. The van der Waals surface area contributed by atoms with Crippen LogP contribution in [0, 0.1) is 0 Å². The fraction of sp³-hybridized carbons (Fsp3) is 0. The quantitative estimate of drug-likeness (QED) is 0.596. The molecule has 0 aliphatic rings. The maximum Gasteiger partial charge on any atom is 0.146 e. The summed E-state index contributed by atoms with van der Waals surface area (Å²) >= 11 is 16.0. The molecule has 2 aromatic rings. The number of benzene rings is 2. The van der Waals surface area contributed by atoms with Crippen molar-refractivity contribution in [3.05, 3.63) is 54.8 Å². The molecule has 0 atom stereocenters. The molecule has 7 heteroatoms. The second-order valence-corrected chi connectivity index (χ2v) is 6.86. The van der Waals surface area contributed by atoms with Crippen molar-refractivity contribution in [2.75, 3.05) is 4.90 Å². The molecule has 2 rings (SSSR count). The van der Waals surface area contributed by atoms with Crippen molar-refractivity contribution in [2.45, 2.75) is 0 Å². The first-order valence-electron chi connectivity index (χ1n) is 5.31. The fourth-order valence-electron chi connectivity index (χ4n) is 1.69. The lowest BCUT2D eigenvalue weighted by Gasteiger charge is -2.27. The van der Waals surface area contributed by atoms with E-state index in [1.807, 2.05) is 0 Å². The Morgan fingerprint density at radius 2 is 1.70 bits per heavy atom. The number of carboxylic acid groups (broad SMARTS) is 1. The van der Waals surface area contributed by atoms with Crippen LogP contribution in [0.5, 0.6) is 0 Å². The third kappa shape index (κ3) is 3.36. The van der Waals surface area contributed by atoms with Crippen LogP contribution in [-0.4, -0.2) is 6.09 Å². The van der Waals surface area contributed by atoms with E-state index in [4.69, 9.17) is 11.6 Å². The molecule has 0 fully saturated rings. The number of carbonyl (C=O) groups is 1. The third-order valence-electron chi connectivity index (χ3n) is 2.45. The molecule has 0 heterocycles. The highest BCUT2D eigenvalue weighted by atomic mass is 79.9. The Balaban J connectivity index is 2.64. The Morgan fingerprint density at radius 1 is 1.10 bits per heavy atom. The van der Waals surface area contributed by atoms with Crippen molar-refractivity contribution in [3.63, 3.8) is 0 Å². The standard InChI is InChI=1S/C13H7Br3ClNO2/c14-7-4-10(15)12(11(16)5-7)18(13(19)20)9-3-1-2-8(17)6-9/h1-6H,(H,19,20)/p-1. The molecule has 2 aromatic carbocycles. The van der Waals surface area contributed by atoms with Crippen molar-refractivity contribution < 1.29 is 9.90 Å². The summed E-state index contributed by atoms with van der Waals surface area (Å²) < 4.78 is 2.01. The molecule has 20 heavy (non-hydrogen) atoms. The molecular formula is C13H6Br3ClNO2-. The van der Waals surface area contributed by atoms with Gasteiger partial charge in [0, 0.05) is 24.1 Å². The summed E-state index contributed by atoms with van der Waals surface area (Å²) in [5, 5.41) is 12.0. The predicted molar refractivity (Wildman–Crippen MR) is 88.5 cm³/mol. The molecular weight excluding hydrogens is 477 g/mol. The highest BCUT2D eigenvalue weighted by Gasteiger charge is 2.18. The van der Waals surface area contributed by atoms with Crippen LogP contribution in [0.4, 0.5) is 16.2 Å². The first kappa shape index (κ1) is 15.8. The van der Waals surface area contributed by atoms with Crippen molar-refractivity contribution in [3.8, 4) is 0 Å². The van der Waals surface area contributed by atoms with E-state index in [1.54, 1.807) is 36.4 Å². The molecule has 104 valence electrons. The van der Waals surface area contributed by atoms with E-state index in [1.165, 1.54) is 0 Å². The molecule has 0 aliphatic heterocycles. The summed E-state index contributed by atoms with van der Waals surface area (Å²) in [5.74, 6) is 0. The number of carbonyl (C=O) groups excluding carboxylic acids is 1. The Kier molecular flexibility index (Phi) is 5.12. The lowest BCUT2D eigenvalue weighted by atomic mass is 10.2. The molecule has 0 aromatic heterocycles. The first-order valence-corrected chi connectivity index (χ1v) is 8.07. The second kappa shape index (κ2) is 6.47. The van der Waals surface area contributed by atoms with Crippen molar-refractivity contribution >= 4 is 76.9 Å². The third-order valence-corrected chi connectivity index (χ3v) is 4.36. The van der Waals surface area contributed by atoms with Gasteiger partial charge in [0.1, 0.15) is 6.09 Å². The lowest BCUT2D eigenvalue weighted by molar-refractivity contribution is -0.245. The molecule has 0 saturated carbocycles. The second-order valence-electron chi connectivity index (χ2n) is 3.80. The van der Waals surface area contributed by atoms with E-state index in [9.17, 15) is 9.90 Å². The van der Waals surface area contributed by atoms with Crippen LogP contribution in [0.1, 0.15) is 0 Å². The highest BCUT2D eigenvalue weighted by molar-refractivity contribution is 9.11. The summed E-state index contributed by atoms with van der Waals surface area (Å²) in [4.78, 5) is 12.6. The maximum atomic E-state index is 11.5. The zero-order valence-corrected chi connectivity index (χ0v) is 15.3. The number of halogens is 4. The molecule has 0 spiro atoms. The zero-order valence-electron chi connectivity index (χ0n) is 9.74. The fourth-order valence-corrected chi connectivity index (χ4v) is 4.49. The molecule has 3 nitrogen and oxygen atoms in total. The van der Waals surface area contributed by atoms with Crippen LogP contribution in [-0.2, 0) is 0 Å². The van der Waals surface area contributed by atoms with Crippen LogP contribution in [0.25, 0.3) is 0 Å². The molecule has 0 aliphatic carbocycles. The minimum Gasteiger partial charge on any atom is -0.529 e. The molecule has 0 unspecified atom stereocenters. The lowest BCUT2D eigenvalue weighted by Crippen LogP contribution is -2.38. The average molecular weight is 483 g/mol. The van der Waals surface area contributed by atoms with Crippen LogP contribution in [0.2, 0.25) is 5.02 Å². The number of hydrogen-bond acceptors (Lipinski definition) is 2. The van der Waals surface area contributed by atoms with Gasteiger partial charge in [-0.2, -0.15) is 0 Å². The van der Waals surface area contributed by atoms with E-state index in [2.05, 4.69) is 47.8 Å². The largest absolute Gasteiger partial charge is 0.529 e. The Hall–Kier alpha value is -0.560. The van der Waals surface area contributed by atoms with Gasteiger partial charge < -0.3 is 9.90 Å². The summed E-state index contributed by atoms with van der Waals surface area (Å²) in [6, 6.07) is 10.0. The molecule has 1 amide bonds. The van der Waals surface area contributed by atoms with Gasteiger partial charge in [0.25, 0.3) is 0 Å². The number of anilines is 2. The summed E-state index contributed by atoms with van der Waals surface area (Å²) in [6.45, 7) is 0. The maximum absolute atomic E-state index is 11.5. The monoisotopic (exact) mass is 480 g/mol. The van der Waals surface area contributed by atoms with E-state index in [0.29, 0.717) is 25.3 Å². The average Bonchev–Trinajstić information content (AvgIpc) is 2.32. The van der Waals surface area contributed by atoms with Crippen molar-refractivity contribution in [1.82, 2.24) is 0 Å². The number of amides is 1. The Morgan fingerprint density at radius 3 is 2.20 bits per heavy atom. The van der Waals surface area contributed by atoms with Gasteiger partial charge in [-0.3, -0.25) is 4.90 Å². The van der Waals surface area contributed by atoms with Gasteiger partial charge in [0.2, 0.25) is 0 Å². The highest BCUT2D eigenvalue weighted by Crippen LogP contribution is 2.40. The van der Waals surface area contributed by atoms with Crippen LogP contribution in [0.3, 0.4) is 0 Å². The van der Waals surface area contributed by atoms with Crippen LogP contribution in [0.15, 0.2) is 49.8 Å². The molecule has 0 bridgehead atoms. The van der Waals surface area contributed by atoms with E-state index >= 15 is 0 Å². The SMILES string of the molecule is O=C([O-])N(c1cccc(Cl)c1)c1c(Br)cc(Br)cc1Br. The summed E-state index contributed by atoms with van der Waals surface area (Å²) in [7, 11) is 0. The van der Waals surface area contributed by atoms with Gasteiger partial charge in [-0.15, -0.1) is 0 Å². The predicted octanol–water partition coefficient (Wildman–Crippen LogP) is 5.11. The van der Waals surface area contributed by atoms with Crippen LogP contribution >= 0.6 is 59.4 Å². The molecule has 0 saturated heterocycles. The van der Waals surface area contributed by atoms with Crippen LogP contribution < -0.4 is 10.0 Å². The summed E-state index contributed by atoms with van der Waals surface area (Å²) in [5.41, 5.74) is 0.830. The Labute approximate surface area is 145 Å². The van der Waals surface area contributed by atoms with Crippen molar-refractivity contribution in [2.24, 2.45) is 0 Å². The molecule has 0 radical (unpaired) electrons. The van der Waals surface area contributed by atoms with Gasteiger partial charge in [0.05, 0.1) is 5.69 Å². The van der Waals surface area contributed by atoms with E-state index in [-0.39, 0.29) is 0 Å². The summed E-state index contributed by atoms with van der Waals surface area (Å²) in [6.07, 6.45) is -1.35. The minimum atomic E-state index is -1.35. The van der Waals surface area contributed by atoms with Gasteiger partial charge in [-0.25, -0.2) is 0 Å². The number of rotatable bonds is 2. The first-order chi connectivity index (χ1) is 9.40. The Bertz CT molecular complexity index is 655. The normalized spacial score (nSPS) is 10.4. The number of nitrogens with zero attached hydrogens (tertiary/aromatic N) is 1. The van der Waals surface area contributed by atoms with E-state index < -0.39 is 6.09 Å².